The minimum atomic E-state index is -3.34. The van der Waals surface area contributed by atoms with Gasteiger partial charge in [-0.25, -0.2) is 13.1 Å². The van der Waals surface area contributed by atoms with Gasteiger partial charge in [-0.05, 0) is 49.8 Å². The average Bonchev–Trinajstić information content (AvgIpc) is 3.27. The molecule has 2 saturated heterocycles. The van der Waals surface area contributed by atoms with E-state index in [9.17, 15) is 18.0 Å². The number of benzene rings is 1. The lowest BCUT2D eigenvalue weighted by Gasteiger charge is -2.43. The summed E-state index contributed by atoms with van der Waals surface area (Å²) in [5.41, 5.74) is 1.91. The van der Waals surface area contributed by atoms with Gasteiger partial charge in [-0.3, -0.25) is 9.59 Å². The highest BCUT2D eigenvalue weighted by molar-refractivity contribution is 7.88. The van der Waals surface area contributed by atoms with Gasteiger partial charge in [0, 0.05) is 36.1 Å². The molecule has 172 valence electrons. The molecule has 3 atom stereocenters. The second kappa shape index (κ2) is 9.33. The highest BCUT2D eigenvalue weighted by Crippen LogP contribution is 2.42. The van der Waals surface area contributed by atoms with E-state index < -0.39 is 10.0 Å². The summed E-state index contributed by atoms with van der Waals surface area (Å²) >= 11 is 1.55. The van der Waals surface area contributed by atoms with E-state index in [-0.39, 0.29) is 29.8 Å². The van der Waals surface area contributed by atoms with E-state index in [1.54, 1.807) is 21.1 Å². The summed E-state index contributed by atoms with van der Waals surface area (Å²) in [6, 6.07) is 11.1. The number of nitrogens with zero attached hydrogens (tertiary/aromatic N) is 2. The van der Waals surface area contributed by atoms with Crippen LogP contribution in [-0.2, 0) is 19.6 Å². The maximum Gasteiger partial charge on any atom is 0.228 e. The van der Waals surface area contributed by atoms with Gasteiger partial charge < -0.3 is 9.80 Å². The van der Waals surface area contributed by atoms with Crippen LogP contribution in [0.25, 0.3) is 0 Å². The van der Waals surface area contributed by atoms with Gasteiger partial charge in [0.15, 0.2) is 0 Å². The Morgan fingerprint density at radius 2 is 1.91 bits per heavy atom. The Balaban J connectivity index is 1.63. The zero-order valence-electron chi connectivity index (χ0n) is 18.4. The van der Waals surface area contributed by atoms with Crippen LogP contribution in [0.1, 0.15) is 42.2 Å². The Kier molecular flexibility index (Phi) is 6.69. The highest BCUT2D eigenvalue weighted by atomic mass is 32.2. The largest absolute Gasteiger partial charge is 0.341 e. The van der Waals surface area contributed by atoms with Crippen molar-refractivity contribution >= 4 is 38.9 Å². The normalized spacial score (nSPS) is 24.6. The molecule has 7 nitrogen and oxygen atoms in total. The molecule has 1 aromatic carbocycles. The van der Waals surface area contributed by atoms with E-state index in [0.717, 1.165) is 28.8 Å². The topological polar surface area (TPSA) is 86.8 Å². The SMILES string of the molecule is Cc1ccc(N2C(=O)CCC(C(=O)N3CCCC(NS(C)(=O)=O)C3)C2c2cccs2)cc1. The van der Waals surface area contributed by atoms with Gasteiger partial charge in [0.2, 0.25) is 21.8 Å². The fraction of sp³-hybridized carbons (Fsp3) is 0.478. The van der Waals surface area contributed by atoms with Crippen LogP contribution in [0.3, 0.4) is 0 Å². The Hall–Kier alpha value is -2.23. The van der Waals surface area contributed by atoms with E-state index in [1.807, 2.05) is 48.7 Å². The molecule has 2 fully saturated rings. The molecule has 2 aromatic rings. The van der Waals surface area contributed by atoms with Crippen molar-refractivity contribution in [1.29, 1.82) is 0 Å². The number of sulfonamides is 1. The first-order valence-corrected chi connectivity index (χ1v) is 13.7. The number of carbonyl (C=O) groups is 2. The molecule has 0 spiro atoms. The molecule has 2 aliphatic rings. The summed E-state index contributed by atoms with van der Waals surface area (Å²) in [4.78, 5) is 31.3. The second-order valence-corrected chi connectivity index (χ2v) is 11.5. The van der Waals surface area contributed by atoms with Crippen LogP contribution in [0.4, 0.5) is 5.69 Å². The molecule has 0 radical (unpaired) electrons. The molecule has 0 bridgehead atoms. The lowest BCUT2D eigenvalue weighted by Crippen LogP contribution is -2.54. The van der Waals surface area contributed by atoms with Crippen LogP contribution in [0, 0.1) is 12.8 Å². The predicted octanol–water partition coefficient (Wildman–Crippen LogP) is 3.08. The molecule has 32 heavy (non-hydrogen) atoms. The number of likely N-dealkylation sites (tertiary alicyclic amines) is 1. The van der Waals surface area contributed by atoms with Crippen molar-refractivity contribution in [3.05, 3.63) is 52.2 Å². The van der Waals surface area contributed by atoms with E-state index in [0.29, 0.717) is 32.4 Å². The van der Waals surface area contributed by atoms with Gasteiger partial charge in [-0.2, -0.15) is 0 Å². The maximum atomic E-state index is 13.7. The zero-order chi connectivity index (χ0) is 22.9. The average molecular weight is 476 g/mol. The number of piperidine rings is 2. The molecule has 3 unspecified atom stereocenters. The third-order valence-electron chi connectivity index (χ3n) is 6.18. The van der Waals surface area contributed by atoms with Gasteiger partial charge in [-0.15, -0.1) is 11.3 Å². The number of amides is 2. The maximum absolute atomic E-state index is 13.7. The quantitative estimate of drug-likeness (QED) is 0.720. The summed E-state index contributed by atoms with van der Waals surface area (Å²) < 4.78 is 26.0. The van der Waals surface area contributed by atoms with Crippen molar-refractivity contribution < 1.29 is 18.0 Å². The van der Waals surface area contributed by atoms with Crippen LogP contribution in [0.5, 0.6) is 0 Å². The van der Waals surface area contributed by atoms with Gasteiger partial charge in [-0.1, -0.05) is 23.8 Å². The predicted molar refractivity (Wildman–Crippen MR) is 126 cm³/mol. The van der Waals surface area contributed by atoms with E-state index in [1.165, 1.54) is 0 Å². The fourth-order valence-electron chi connectivity index (χ4n) is 4.76. The van der Waals surface area contributed by atoms with Crippen LogP contribution in [-0.4, -0.2) is 50.5 Å². The molecule has 4 rings (SSSR count). The lowest BCUT2D eigenvalue weighted by molar-refractivity contribution is -0.139. The van der Waals surface area contributed by atoms with Crippen molar-refractivity contribution in [2.75, 3.05) is 24.2 Å². The van der Waals surface area contributed by atoms with Crippen molar-refractivity contribution in [3.63, 3.8) is 0 Å². The van der Waals surface area contributed by atoms with Crippen molar-refractivity contribution in [1.82, 2.24) is 9.62 Å². The Labute approximate surface area is 193 Å². The first-order chi connectivity index (χ1) is 15.2. The lowest BCUT2D eigenvalue weighted by atomic mass is 9.85. The van der Waals surface area contributed by atoms with Crippen molar-refractivity contribution in [3.8, 4) is 0 Å². The Morgan fingerprint density at radius 3 is 2.56 bits per heavy atom. The smallest absolute Gasteiger partial charge is 0.228 e. The molecular weight excluding hydrogens is 446 g/mol. The molecule has 0 saturated carbocycles. The molecule has 2 aliphatic heterocycles. The number of aryl methyl sites for hydroxylation is 1. The fourth-order valence-corrected chi connectivity index (χ4v) is 6.44. The Bertz CT molecular complexity index is 1070. The first-order valence-electron chi connectivity index (χ1n) is 10.9. The number of thiophene rings is 1. The van der Waals surface area contributed by atoms with Gasteiger partial charge in [0.1, 0.15) is 0 Å². The summed E-state index contributed by atoms with van der Waals surface area (Å²) in [7, 11) is -3.34. The van der Waals surface area contributed by atoms with Crippen LogP contribution in [0.15, 0.2) is 41.8 Å². The third-order valence-corrected chi connectivity index (χ3v) is 7.88. The number of hydrogen-bond donors (Lipinski definition) is 1. The molecule has 2 amide bonds. The number of carbonyl (C=O) groups excluding carboxylic acids is 2. The van der Waals surface area contributed by atoms with Crippen LogP contribution >= 0.6 is 11.3 Å². The molecule has 0 aliphatic carbocycles. The molecule has 3 heterocycles. The summed E-state index contributed by atoms with van der Waals surface area (Å²) in [5, 5.41) is 1.97. The summed E-state index contributed by atoms with van der Waals surface area (Å²) in [5.74, 6) is -0.357. The highest BCUT2D eigenvalue weighted by Gasteiger charge is 2.44. The van der Waals surface area contributed by atoms with E-state index in [2.05, 4.69) is 4.72 Å². The minimum absolute atomic E-state index is 0.00647. The van der Waals surface area contributed by atoms with Gasteiger partial charge in [0.05, 0.1) is 18.2 Å². The van der Waals surface area contributed by atoms with Gasteiger partial charge in [0.25, 0.3) is 0 Å². The molecule has 1 aromatic heterocycles. The minimum Gasteiger partial charge on any atom is -0.341 e. The number of rotatable bonds is 5. The van der Waals surface area contributed by atoms with Crippen molar-refractivity contribution in [2.45, 2.75) is 44.7 Å². The van der Waals surface area contributed by atoms with Crippen molar-refractivity contribution in [2.24, 2.45) is 5.92 Å². The second-order valence-electron chi connectivity index (χ2n) is 8.72. The standard InChI is InChI=1S/C23H29N3O4S2/c1-16-7-9-18(10-8-16)26-21(27)12-11-19(22(26)20-6-4-14-31-20)23(28)25-13-3-5-17(15-25)24-32(2,29)30/h4,6-10,14,17,19,22,24H,3,5,11-13,15H2,1-2H3. The Morgan fingerprint density at radius 1 is 1.16 bits per heavy atom. The summed E-state index contributed by atoms with van der Waals surface area (Å²) in [6.07, 6.45) is 3.40. The van der Waals surface area contributed by atoms with E-state index >= 15 is 0 Å². The summed E-state index contributed by atoms with van der Waals surface area (Å²) in [6.45, 7) is 2.97. The van der Waals surface area contributed by atoms with Crippen LogP contribution < -0.4 is 9.62 Å². The zero-order valence-corrected chi connectivity index (χ0v) is 20.0. The third kappa shape index (κ3) is 5.05. The van der Waals surface area contributed by atoms with E-state index in [4.69, 9.17) is 0 Å². The number of nitrogens with one attached hydrogen (secondary N) is 1. The number of anilines is 1. The first kappa shape index (κ1) is 22.9. The molecule has 1 N–H and O–H groups in total. The number of hydrogen-bond acceptors (Lipinski definition) is 5. The van der Waals surface area contributed by atoms with Gasteiger partial charge >= 0.3 is 0 Å². The monoisotopic (exact) mass is 475 g/mol. The molecular formula is C23H29N3O4S2. The van der Waals surface area contributed by atoms with Crippen LogP contribution in [0.2, 0.25) is 0 Å². The molecule has 9 heteroatoms.